The largest absolute Gasteiger partial charge is 0.497 e. The summed E-state index contributed by atoms with van der Waals surface area (Å²) < 4.78 is 72.2. The molecule has 2 N–H and O–H groups in total. The summed E-state index contributed by atoms with van der Waals surface area (Å²) in [4.78, 5) is 13.1. The van der Waals surface area contributed by atoms with Gasteiger partial charge in [-0.05, 0) is 72.8 Å². The van der Waals surface area contributed by atoms with Crippen LogP contribution in [0.1, 0.15) is 0 Å². The first-order valence-corrected chi connectivity index (χ1v) is 15.4. The summed E-state index contributed by atoms with van der Waals surface area (Å²) in [5.74, 6) is 0.478. The Morgan fingerprint density at radius 3 is 1.88 bits per heavy atom. The lowest BCUT2D eigenvalue weighted by Crippen LogP contribution is -2.38. The Morgan fingerprint density at radius 1 is 0.690 bits per heavy atom. The van der Waals surface area contributed by atoms with Crippen LogP contribution in [0.25, 0.3) is 0 Å². The highest BCUT2D eigenvalue weighted by molar-refractivity contribution is 7.93. The number of ether oxygens (including phenoxy) is 3. The van der Waals surface area contributed by atoms with E-state index in [1.165, 1.54) is 63.8 Å². The molecule has 220 valence electrons. The summed E-state index contributed by atoms with van der Waals surface area (Å²) in [6, 6.07) is 24.1. The van der Waals surface area contributed by atoms with Gasteiger partial charge in [-0.15, -0.1) is 0 Å². The lowest BCUT2D eigenvalue weighted by atomic mass is 10.2. The Bertz CT molecular complexity index is 1750. The summed E-state index contributed by atoms with van der Waals surface area (Å²) in [5, 5.41) is 2.63. The van der Waals surface area contributed by atoms with Gasteiger partial charge in [0, 0.05) is 17.4 Å². The standard InChI is InChI=1S/C29H29N3O8S2/c1-38-23-13-9-22(10-14-23)31-41(34,35)25-16-11-21(12-17-25)30-29(33)20-32(42(36,37)26-7-5-4-6-8-26)27-19-24(39-2)15-18-28(27)40-3/h4-19,31H,20H2,1-3H3,(H,30,33). The molecule has 4 rings (SSSR count). The Balaban J connectivity index is 1.56. The average molecular weight is 612 g/mol. The Labute approximate surface area is 244 Å². The molecule has 0 aromatic heterocycles. The monoisotopic (exact) mass is 611 g/mol. The van der Waals surface area contributed by atoms with E-state index in [1.807, 2.05) is 0 Å². The van der Waals surface area contributed by atoms with E-state index in [2.05, 4.69) is 10.0 Å². The topological polar surface area (TPSA) is 140 Å². The van der Waals surface area contributed by atoms with Crippen LogP contribution in [0.2, 0.25) is 0 Å². The maximum absolute atomic E-state index is 13.7. The van der Waals surface area contributed by atoms with Crippen LogP contribution < -0.4 is 28.6 Å². The van der Waals surface area contributed by atoms with Crippen LogP contribution in [0.4, 0.5) is 17.1 Å². The number of rotatable bonds is 12. The van der Waals surface area contributed by atoms with Gasteiger partial charge in [-0.1, -0.05) is 18.2 Å². The quantitative estimate of drug-likeness (QED) is 0.241. The first kappa shape index (κ1) is 30.2. The van der Waals surface area contributed by atoms with E-state index in [4.69, 9.17) is 14.2 Å². The van der Waals surface area contributed by atoms with E-state index in [9.17, 15) is 21.6 Å². The van der Waals surface area contributed by atoms with Crippen LogP contribution >= 0.6 is 0 Å². The summed E-state index contributed by atoms with van der Waals surface area (Å²) >= 11 is 0. The van der Waals surface area contributed by atoms with Crippen LogP contribution in [0.5, 0.6) is 17.2 Å². The summed E-state index contributed by atoms with van der Waals surface area (Å²) in [6.07, 6.45) is 0. The van der Waals surface area contributed by atoms with E-state index in [-0.39, 0.29) is 26.9 Å². The second kappa shape index (κ2) is 12.8. The fraction of sp³-hybridized carbons (Fsp3) is 0.138. The highest BCUT2D eigenvalue weighted by Gasteiger charge is 2.30. The number of amides is 1. The molecule has 11 nitrogen and oxygen atoms in total. The number of benzene rings is 4. The number of methoxy groups -OCH3 is 3. The molecule has 0 spiro atoms. The smallest absolute Gasteiger partial charge is 0.264 e. The number of sulfonamides is 2. The summed E-state index contributed by atoms with van der Waals surface area (Å²) in [5.41, 5.74) is 0.709. The highest BCUT2D eigenvalue weighted by atomic mass is 32.2. The van der Waals surface area contributed by atoms with Crippen molar-refractivity contribution in [2.45, 2.75) is 9.79 Å². The number of hydrogen-bond donors (Lipinski definition) is 2. The fourth-order valence-electron chi connectivity index (χ4n) is 3.93. The molecule has 4 aromatic carbocycles. The van der Waals surface area contributed by atoms with Crippen LogP contribution in [0.3, 0.4) is 0 Å². The molecule has 4 aromatic rings. The van der Waals surface area contributed by atoms with E-state index in [0.717, 1.165) is 4.31 Å². The van der Waals surface area contributed by atoms with Crippen molar-refractivity contribution < 1.29 is 35.8 Å². The molecule has 0 aliphatic rings. The zero-order valence-corrected chi connectivity index (χ0v) is 24.6. The van der Waals surface area contributed by atoms with Crippen molar-refractivity contribution in [3.05, 3.63) is 97.1 Å². The third kappa shape index (κ3) is 6.93. The fourth-order valence-corrected chi connectivity index (χ4v) is 6.44. The van der Waals surface area contributed by atoms with Crippen molar-refractivity contribution in [1.29, 1.82) is 0 Å². The number of carbonyl (C=O) groups excluding carboxylic acids is 1. The normalized spacial score (nSPS) is 11.3. The molecule has 0 heterocycles. The van der Waals surface area contributed by atoms with Gasteiger partial charge in [-0.3, -0.25) is 13.8 Å². The minimum atomic E-state index is -4.22. The predicted octanol–water partition coefficient (Wildman–Crippen LogP) is 4.35. The average Bonchev–Trinajstić information content (AvgIpc) is 3.00. The third-order valence-corrected chi connectivity index (χ3v) is 9.23. The molecule has 0 aliphatic carbocycles. The summed E-state index contributed by atoms with van der Waals surface area (Å²) in [6.45, 7) is -0.611. The van der Waals surface area contributed by atoms with Gasteiger partial charge in [0.1, 0.15) is 23.8 Å². The maximum atomic E-state index is 13.7. The Kier molecular flexibility index (Phi) is 9.23. The zero-order valence-electron chi connectivity index (χ0n) is 23.0. The van der Waals surface area contributed by atoms with Crippen molar-refractivity contribution in [3.8, 4) is 17.2 Å². The lowest BCUT2D eigenvalue weighted by Gasteiger charge is -2.26. The molecular weight excluding hydrogens is 582 g/mol. The molecule has 0 saturated heterocycles. The molecule has 0 bridgehead atoms. The molecule has 0 atom stereocenters. The first-order valence-electron chi connectivity index (χ1n) is 12.4. The maximum Gasteiger partial charge on any atom is 0.264 e. The second-order valence-corrected chi connectivity index (χ2v) is 12.3. The van der Waals surface area contributed by atoms with Crippen LogP contribution in [-0.4, -0.2) is 50.6 Å². The van der Waals surface area contributed by atoms with E-state index < -0.39 is 32.5 Å². The van der Waals surface area contributed by atoms with Crippen molar-refractivity contribution in [2.24, 2.45) is 0 Å². The Hall–Kier alpha value is -4.75. The van der Waals surface area contributed by atoms with Crippen molar-refractivity contribution in [2.75, 3.05) is 42.2 Å². The first-order chi connectivity index (χ1) is 20.1. The predicted molar refractivity (Wildman–Crippen MR) is 159 cm³/mol. The molecule has 0 radical (unpaired) electrons. The van der Waals surface area contributed by atoms with Gasteiger partial charge in [0.05, 0.1) is 36.8 Å². The van der Waals surface area contributed by atoms with Crippen molar-refractivity contribution >= 4 is 43.0 Å². The molecule has 0 saturated carbocycles. The van der Waals surface area contributed by atoms with Gasteiger partial charge in [-0.25, -0.2) is 16.8 Å². The van der Waals surface area contributed by atoms with Crippen LogP contribution in [0, 0.1) is 0 Å². The number of anilines is 3. The third-order valence-electron chi connectivity index (χ3n) is 6.06. The second-order valence-electron chi connectivity index (χ2n) is 8.77. The zero-order chi connectivity index (χ0) is 30.3. The molecule has 0 unspecified atom stereocenters. The molecule has 13 heteroatoms. The molecule has 0 aliphatic heterocycles. The molecular formula is C29H29N3O8S2. The van der Waals surface area contributed by atoms with Crippen molar-refractivity contribution in [3.63, 3.8) is 0 Å². The van der Waals surface area contributed by atoms with E-state index >= 15 is 0 Å². The number of hydrogen-bond acceptors (Lipinski definition) is 8. The number of nitrogens with zero attached hydrogens (tertiary/aromatic N) is 1. The van der Waals surface area contributed by atoms with Gasteiger partial charge in [0.25, 0.3) is 20.0 Å². The Morgan fingerprint density at radius 2 is 1.29 bits per heavy atom. The minimum Gasteiger partial charge on any atom is -0.497 e. The molecule has 0 fully saturated rings. The van der Waals surface area contributed by atoms with E-state index in [1.54, 1.807) is 54.6 Å². The minimum absolute atomic E-state index is 0.0263. The molecule has 42 heavy (non-hydrogen) atoms. The lowest BCUT2D eigenvalue weighted by molar-refractivity contribution is -0.114. The highest BCUT2D eigenvalue weighted by Crippen LogP contribution is 2.35. The van der Waals surface area contributed by atoms with Crippen LogP contribution in [-0.2, 0) is 24.8 Å². The summed E-state index contributed by atoms with van der Waals surface area (Å²) in [7, 11) is -3.80. The van der Waals surface area contributed by atoms with Gasteiger partial charge >= 0.3 is 0 Å². The van der Waals surface area contributed by atoms with E-state index in [0.29, 0.717) is 17.2 Å². The SMILES string of the molecule is COc1ccc(NS(=O)(=O)c2ccc(NC(=O)CN(c3cc(OC)ccc3OC)S(=O)(=O)c3ccccc3)cc2)cc1. The number of carbonyl (C=O) groups is 1. The van der Waals surface area contributed by atoms with Crippen LogP contribution in [0.15, 0.2) is 107 Å². The van der Waals surface area contributed by atoms with Gasteiger partial charge in [0.15, 0.2) is 0 Å². The van der Waals surface area contributed by atoms with Crippen molar-refractivity contribution in [1.82, 2.24) is 0 Å². The van der Waals surface area contributed by atoms with Gasteiger partial charge in [0.2, 0.25) is 5.91 Å². The van der Waals surface area contributed by atoms with Gasteiger partial charge in [-0.2, -0.15) is 0 Å². The molecule has 1 amide bonds. The number of nitrogens with one attached hydrogen (secondary N) is 2. The van der Waals surface area contributed by atoms with Gasteiger partial charge < -0.3 is 19.5 Å².